The molecule has 33 heavy (non-hydrogen) atoms. The van der Waals surface area contributed by atoms with Gasteiger partial charge in [0.05, 0.1) is 31.4 Å². The number of hydrogen-bond donors (Lipinski definition) is 2. The zero-order valence-electron chi connectivity index (χ0n) is 20.3. The molecule has 3 aromatic heterocycles. The summed E-state index contributed by atoms with van der Waals surface area (Å²) in [4.78, 5) is 32.5. The van der Waals surface area contributed by atoms with E-state index in [-0.39, 0.29) is 16.8 Å². The maximum absolute atomic E-state index is 12.8. The van der Waals surface area contributed by atoms with Gasteiger partial charge in [-0.2, -0.15) is 4.98 Å². The normalized spacial score (nSPS) is 17.7. The number of nitrogens with one attached hydrogen (secondary N) is 2. The van der Waals surface area contributed by atoms with Gasteiger partial charge < -0.3 is 20.3 Å². The molecule has 0 unspecified atom stereocenters. The Morgan fingerprint density at radius 3 is 2.45 bits per heavy atom. The average molecular weight is 453 g/mol. The summed E-state index contributed by atoms with van der Waals surface area (Å²) in [5, 5.41) is 6.46. The smallest absolute Gasteiger partial charge is 0.277 e. The van der Waals surface area contributed by atoms with Crippen molar-refractivity contribution in [2.75, 3.05) is 24.4 Å². The molecular weight excluding hydrogens is 420 g/mol. The van der Waals surface area contributed by atoms with Crippen LogP contribution in [0.4, 0.5) is 11.6 Å². The maximum atomic E-state index is 12.8. The summed E-state index contributed by atoms with van der Waals surface area (Å²) in [5.41, 5.74) is 1.67. The molecular formula is C23H32N8O2. The third-order valence-corrected chi connectivity index (χ3v) is 5.91. The van der Waals surface area contributed by atoms with E-state index < -0.39 is 5.91 Å². The number of anilines is 2. The van der Waals surface area contributed by atoms with E-state index >= 15 is 0 Å². The Hall–Kier alpha value is -3.27. The predicted molar refractivity (Wildman–Crippen MR) is 127 cm³/mol. The second-order valence-corrected chi connectivity index (χ2v) is 10.0. The summed E-state index contributed by atoms with van der Waals surface area (Å²) in [7, 11) is 3.55. The van der Waals surface area contributed by atoms with Gasteiger partial charge in [0.15, 0.2) is 5.82 Å². The minimum atomic E-state index is -0.397. The molecule has 0 aromatic carbocycles. The molecule has 176 valence electrons. The van der Waals surface area contributed by atoms with Gasteiger partial charge in [0, 0.05) is 30.4 Å². The van der Waals surface area contributed by atoms with Crippen LogP contribution < -0.4 is 20.3 Å². The van der Waals surface area contributed by atoms with Crippen LogP contribution in [0.5, 0.6) is 5.88 Å². The number of fused-ring (bicyclic) bond motifs is 1. The Bertz CT molecular complexity index is 1150. The molecule has 0 bridgehead atoms. The van der Waals surface area contributed by atoms with Crippen LogP contribution in [-0.2, 0) is 0 Å². The molecule has 1 aliphatic rings. The highest BCUT2D eigenvalue weighted by Gasteiger charge is 2.39. The molecule has 10 nitrogen and oxygen atoms in total. The van der Waals surface area contributed by atoms with Crippen LogP contribution in [0.15, 0.2) is 24.8 Å². The maximum Gasteiger partial charge on any atom is 0.277 e. The minimum Gasteiger partial charge on any atom is -0.478 e. The third kappa shape index (κ3) is 4.90. The second-order valence-electron chi connectivity index (χ2n) is 10.0. The fraction of sp³-hybridized carbons (Fsp3) is 0.522. The molecule has 4 heterocycles. The number of methoxy groups -OCH3 is 1. The minimum absolute atomic E-state index is 0.0247. The fourth-order valence-corrected chi connectivity index (χ4v) is 4.82. The Labute approximate surface area is 193 Å². The van der Waals surface area contributed by atoms with Crippen molar-refractivity contribution in [2.45, 2.75) is 64.6 Å². The lowest BCUT2D eigenvalue weighted by molar-refractivity contribution is 0.102. The number of aromatic nitrogens is 5. The fourth-order valence-electron chi connectivity index (χ4n) is 4.82. The van der Waals surface area contributed by atoms with Crippen LogP contribution in [0.1, 0.15) is 56.7 Å². The SMILES string of the molecule is COc1nc(NC(=O)c2cnc(N(C)C3CC(C)(C)NC(C)(C)C3)cn2)cn2cc(C)nc12. The van der Waals surface area contributed by atoms with E-state index in [0.717, 1.165) is 24.4 Å². The number of nitrogens with zero attached hydrogens (tertiary/aromatic N) is 6. The van der Waals surface area contributed by atoms with E-state index in [2.05, 4.69) is 63.2 Å². The molecule has 0 radical (unpaired) electrons. The first kappa shape index (κ1) is 22.9. The Balaban J connectivity index is 1.49. The van der Waals surface area contributed by atoms with Crippen LogP contribution in [-0.4, -0.2) is 61.5 Å². The molecule has 4 rings (SSSR count). The number of carbonyl (C=O) groups excluding carboxylic acids is 1. The molecule has 2 N–H and O–H groups in total. The van der Waals surface area contributed by atoms with Gasteiger partial charge >= 0.3 is 0 Å². The van der Waals surface area contributed by atoms with Gasteiger partial charge in [0.2, 0.25) is 5.65 Å². The molecule has 1 saturated heterocycles. The number of aryl methyl sites for hydroxylation is 1. The summed E-state index contributed by atoms with van der Waals surface area (Å²) in [6.45, 7) is 10.8. The van der Waals surface area contributed by atoms with Crippen LogP contribution in [0.25, 0.3) is 5.65 Å². The van der Waals surface area contributed by atoms with Crippen molar-refractivity contribution in [3.05, 3.63) is 36.2 Å². The van der Waals surface area contributed by atoms with E-state index in [1.165, 1.54) is 13.3 Å². The van der Waals surface area contributed by atoms with Crippen molar-refractivity contribution in [3.63, 3.8) is 0 Å². The molecule has 3 aromatic rings. The number of rotatable bonds is 5. The Morgan fingerprint density at radius 2 is 1.85 bits per heavy atom. The average Bonchev–Trinajstić information content (AvgIpc) is 3.10. The quantitative estimate of drug-likeness (QED) is 0.608. The highest BCUT2D eigenvalue weighted by Crippen LogP contribution is 2.32. The van der Waals surface area contributed by atoms with Crippen LogP contribution >= 0.6 is 0 Å². The molecule has 0 aliphatic carbocycles. The van der Waals surface area contributed by atoms with E-state index in [1.807, 2.05) is 20.2 Å². The van der Waals surface area contributed by atoms with Crippen LogP contribution in [0.2, 0.25) is 0 Å². The third-order valence-electron chi connectivity index (χ3n) is 5.91. The lowest BCUT2D eigenvalue weighted by atomic mass is 9.79. The van der Waals surface area contributed by atoms with E-state index in [1.54, 1.807) is 16.8 Å². The first-order valence-corrected chi connectivity index (χ1v) is 11.0. The van der Waals surface area contributed by atoms with Crippen molar-refractivity contribution in [1.29, 1.82) is 0 Å². The van der Waals surface area contributed by atoms with E-state index in [4.69, 9.17) is 4.74 Å². The molecule has 10 heteroatoms. The first-order valence-electron chi connectivity index (χ1n) is 11.0. The van der Waals surface area contributed by atoms with Gasteiger partial charge in [-0.15, -0.1) is 0 Å². The van der Waals surface area contributed by atoms with Crippen molar-refractivity contribution in [1.82, 2.24) is 29.7 Å². The number of ether oxygens (including phenoxy) is 1. The number of imidazole rings is 1. The van der Waals surface area contributed by atoms with Gasteiger partial charge in [-0.1, -0.05) is 0 Å². The molecule has 0 saturated carbocycles. The molecule has 1 aliphatic heterocycles. The van der Waals surface area contributed by atoms with E-state index in [0.29, 0.717) is 23.4 Å². The van der Waals surface area contributed by atoms with E-state index in [9.17, 15) is 4.79 Å². The van der Waals surface area contributed by atoms with Crippen molar-refractivity contribution >= 4 is 23.2 Å². The molecule has 1 amide bonds. The number of piperidine rings is 1. The monoisotopic (exact) mass is 452 g/mol. The number of amides is 1. The van der Waals surface area contributed by atoms with Crippen LogP contribution in [0, 0.1) is 6.92 Å². The highest BCUT2D eigenvalue weighted by molar-refractivity contribution is 6.02. The van der Waals surface area contributed by atoms with Gasteiger partial charge in [-0.25, -0.2) is 15.0 Å². The number of hydrogen-bond acceptors (Lipinski definition) is 8. The van der Waals surface area contributed by atoms with Crippen molar-refractivity contribution < 1.29 is 9.53 Å². The Morgan fingerprint density at radius 1 is 1.15 bits per heavy atom. The van der Waals surface area contributed by atoms with Gasteiger partial charge in [0.1, 0.15) is 11.5 Å². The molecule has 0 atom stereocenters. The van der Waals surface area contributed by atoms with Crippen molar-refractivity contribution in [3.8, 4) is 5.88 Å². The standard InChI is InChI=1S/C23H32N8O2/c1-14-12-31-13-17(28-21(33-7)19(31)26-14)27-20(32)16-10-25-18(11-24-16)30(6)15-8-22(2,3)29-23(4,5)9-15/h10-13,15,29H,8-9H2,1-7H3,(H,27,32). The van der Waals surface area contributed by atoms with Gasteiger partial charge in [-0.05, 0) is 47.5 Å². The first-order chi connectivity index (χ1) is 15.5. The Kier molecular flexibility index (Phi) is 5.73. The molecule has 1 fully saturated rings. The van der Waals surface area contributed by atoms with Gasteiger partial charge in [-0.3, -0.25) is 9.20 Å². The lowest BCUT2D eigenvalue weighted by Gasteiger charge is -2.49. The van der Waals surface area contributed by atoms with Crippen LogP contribution in [0.3, 0.4) is 0 Å². The summed E-state index contributed by atoms with van der Waals surface area (Å²) in [5.74, 6) is 1.01. The number of carbonyl (C=O) groups is 1. The summed E-state index contributed by atoms with van der Waals surface area (Å²) in [6.07, 6.45) is 8.64. The predicted octanol–water partition coefficient (Wildman–Crippen LogP) is 2.83. The topological polar surface area (TPSA) is 110 Å². The summed E-state index contributed by atoms with van der Waals surface area (Å²) < 4.78 is 7.08. The molecule has 0 spiro atoms. The second kappa shape index (κ2) is 8.26. The summed E-state index contributed by atoms with van der Waals surface area (Å²) >= 11 is 0. The largest absolute Gasteiger partial charge is 0.478 e. The van der Waals surface area contributed by atoms with Gasteiger partial charge in [0.25, 0.3) is 11.8 Å². The lowest BCUT2D eigenvalue weighted by Crippen LogP contribution is -2.62. The highest BCUT2D eigenvalue weighted by atomic mass is 16.5. The van der Waals surface area contributed by atoms with Crippen molar-refractivity contribution in [2.24, 2.45) is 0 Å². The zero-order valence-corrected chi connectivity index (χ0v) is 20.3. The summed E-state index contributed by atoms with van der Waals surface area (Å²) in [6, 6.07) is 0.312. The zero-order chi connectivity index (χ0) is 24.0.